The van der Waals surface area contributed by atoms with E-state index in [9.17, 15) is 4.79 Å². The molecule has 0 saturated heterocycles. The molecule has 0 saturated carbocycles. The van der Waals surface area contributed by atoms with Crippen LogP contribution >= 0.6 is 0 Å². The standard InChI is InChI=1S/C19H12N2O/c1-15(21-20)19(22)18-14-8-7-13-17(18)12-6-5-11-16-9-3-2-4-10-16/h2-4,7-10,13-14H,1H3. The summed E-state index contributed by atoms with van der Waals surface area (Å²) in [6.07, 6.45) is 0. The summed E-state index contributed by atoms with van der Waals surface area (Å²) in [6, 6.07) is 16.4. The average molecular weight is 284 g/mol. The molecule has 0 aliphatic rings. The third-order valence-corrected chi connectivity index (χ3v) is 2.89. The summed E-state index contributed by atoms with van der Waals surface area (Å²) in [5, 5.41) is 0. The lowest BCUT2D eigenvalue weighted by Crippen LogP contribution is -2.12. The number of benzene rings is 2. The number of nitrogens with zero attached hydrogens (tertiary/aromatic N) is 2. The van der Waals surface area contributed by atoms with Crippen molar-refractivity contribution in [3.05, 3.63) is 76.8 Å². The quantitative estimate of drug-likeness (QED) is 0.275. The van der Waals surface area contributed by atoms with Gasteiger partial charge in [-0.1, -0.05) is 42.2 Å². The topological polar surface area (TPSA) is 53.5 Å². The van der Waals surface area contributed by atoms with Gasteiger partial charge in [-0.3, -0.25) is 4.79 Å². The van der Waals surface area contributed by atoms with Crippen LogP contribution < -0.4 is 0 Å². The Balaban J connectivity index is 2.29. The molecule has 0 unspecified atom stereocenters. The van der Waals surface area contributed by atoms with Crippen molar-refractivity contribution < 1.29 is 9.58 Å². The molecule has 0 bridgehead atoms. The second-order valence-corrected chi connectivity index (χ2v) is 4.43. The highest BCUT2D eigenvalue weighted by Gasteiger charge is 2.18. The fraction of sp³-hybridized carbons (Fsp3) is 0.0526. The van der Waals surface area contributed by atoms with E-state index in [1.54, 1.807) is 24.3 Å². The molecule has 104 valence electrons. The van der Waals surface area contributed by atoms with Crippen molar-refractivity contribution in [1.29, 1.82) is 0 Å². The van der Waals surface area contributed by atoms with Crippen molar-refractivity contribution in [2.45, 2.75) is 6.92 Å². The molecule has 2 aromatic rings. The zero-order chi connectivity index (χ0) is 15.8. The minimum Gasteiger partial charge on any atom is -0.361 e. The molecule has 0 amide bonds. The summed E-state index contributed by atoms with van der Waals surface area (Å²) in [5.41, 5.74) is 10.6. The zero-order valence-electron chi connectivity index (χ0n) is 12.0. The van der Waals surface area contributed by atoms with Crippen LogP contribution in [0.25, 0.3) is 5.53 Å². The van der Waals surface area contributed by atoms with E-state index in [1.165, 1.54) is 6.92 Å². The summed E-state index contributed by atoms with van der Waals surface area (Å²) in [7, 11) is 0. The third-order valence-electron chi connectivity index (χ3n) is 2.89. The van der Waals surface area contributed by atoms with Crippen LogP contribution in [-0.2, 0) is 0 Å². The number of rotatable bonds is 2. The van der Waals surface area contributed by atoms with E-state index in [0.717, 1.165) is 5.56 Å². The molecular weight excluding hydrogens is 272 g/mol. The smallest absolute Gasteiger partial charge is 0.336 e. The number of hydrogen-bond donors (Lipinski definition) is 0. The molecule has 0 aliphatic heterocycles. The molecule has 2 aromatic carbocycles. The van der Waals surface area contributed by atoms with Crippen LogP contribution in [0.15, 0.2) is 54.6 Å². The van der Waals surface area contributed by atoms with Crippen LogP contribution in [0.2, 0.25) is 0 Å². The van der Waals surface area contributed by atoms with Crippen molar-refractivity contribution in [3.8, 4) is 23.7 Å². The number of ketones is 1. The fourth-order valence-corrected chi connectivity index (χ4v) is 1.75. The Bertz CT molecular complexity index is 868. The highest BCUT2D eigenvalue weighted by molar-refractivity contribution is 6.43. The largest absolute Gasteiger partial charge is 0.361 e. The Kier molecular flexibility index (Phi) is 5.05. The van der Waals surface area contributed by atoms with E-state index < -0.39 is 0 Å². The molecule has 0 aromatic heterocycles. The molecule has 3 nitrogen and oxygen atoms in total. The second-order valence-electron chi connectivity index (χ2n) is 4.43. The van der Waals surface area contributed by atoms with Gasteiger partial charge in [0.05, 0.1) is 0 Å². The molecule has 0 heterocycles. The molecule has 3 heteroatoms. The number of carbonyl (C=O) groups is 1. The van der Waals surface area contributed by atoms with Crippen LogP contribution in [0.1, 0.15) is 28.4 Å². The first-order chi connectivity index (χ1) is 10.7. The normalized spacial score (nSPS) is 8.59. The molecule has 0 spiro atoms. The highest BCUT2D eigenvalue weighted by Crippen LogP contribution is 2.08. The van der Waals surface area contributed by atoms with Crippen LogP contribution in [0.3, 0.4) is 0 Å². The van der Waals surface area contributed by atoms with E-state index in [1.807, 2.05) is 30.3 Å². The lowest BCUT2D eigenvalue weighted by Gasteiger charge is -1.97. The van der Waals surface area contributed by atoms with Crippen LogP contribution in [0, 0.1) is 23.7 Å². The number of hydrogen-bond acceptors (Lipinski definition) is 1. The van der Waals surface area contributed by atoms with Gasteiger partial charge in [0.1, 0.15) is 0 Å². The van der Waals surface area contributed by atoms with E-state index in [0.29, 0.717) is 11.1 Å². The number of carbonyl (C=O) groups excluding carboxylic acids is 1. The first kappa shape index (κ1) is 15.0. The Morgan fingerprint density at radius 1 is 0.955 bits per heavy atom. The maximum absolute atomic E-state index is 12.1. The fourth-order valence-electron chi connectivity index (χ4n) is 1.75. The summed E-state index contributed by atoms with van der Waals surface area (Å²) in [4.78, 5) is 15.0. The van der Waals surface area contributed by atoms with Gasteiger partial charge in [0.25, 0.3) is 5.78 Å². The van der Waals surface area contributed by atoms with Gasteiger partial charge in [0, 0.05) is 23.6 Å². The Morgan fingerprint density at radius 3 is 2.32 bits per heavy atom. The highest BCUT2D eigenvalue weighted by atomic mass is 16.1. The molecule has 0 radical (unpaired) electrons. The van der Waals surface area contributed by atoms with Gasteiger partial charge in [-0.05, 0) is 36.1 Å². The van der Waals surface area contributed by atoms with E-state index >= 15 is 0 Å². The molecular formula is C19H12N2O. The summed E-state index contributed by atoms with van der Waals surface area (Å²) in [6.45, 7) is 1.45. The Labute approximate surface area is 129 Å². The van der Waals surface area contributed by atoms with Gasteiger partial charge < -0.3 is 5.53 Å². The minimum atomic E-state index is -0.358. The molecule has 0 aliphatic carbocycles. The minimum absolute atomic E-state index is 0.0182. The van der Waals surface area contributed by atoms with Gasteiger partial charge in [0.2, 0.25) is 0 Å². The van der Waals surface area contributed by atoms with Crippen LogP contribution in [-0.4, -0.2) is 16.3 Å². The predicted molar refractivity (Wildman–Crippen MR) is 85.3 cm³/mol. The van der Waals surface area contributed by atoms with Crippen molar-refractivity contribution in [2.75, 3.05) is 0 Å². The SMILES string of the molecule is CC(=[N+]=[N-])C(=O)c1ccccc1C#CC#Cc1ccccc1. The second kappa shape index (κ2) is 7.41. The first-order valence-electron chi connectivity index (χ1n) is 6.62. The lowest BCUT2D eigenvalue weighted by atomic mass is 10.0. The van der Waals surface area contributed by atoms with Gasteiger partial charge in [-0.25, -0.2) is 0 Å². The molecule has 0 N–H and O–H groups in total. The van der Waals surface area contributed by atoms with Crippen molar-refractivity contribution in [1.82, 2.24) is 0 Å². The molecule has 2 rings (SSSR count). The Hall–Kier alpha value is -3.39. The van der Waals surface area contributed by atoms with E-state index in [-0.39, 0.29) is 11.5 Å². The Morgan fingerprint density at radius 2 is 1.59 bits per heavy atom. The monoisotopic (exact) mass is 284 g/mol. The number of Topliss-reactive ketones (excluding diaryl/α,β-unsaturated/α-hetero) is 1. The average Bonchev–Trinajstić information content (AvgIpc) is 2.58. The van der Waals surface area contributed by atoms with Crippen LogP contribution in [0.4, 0.5) is 0 Å². The predicted octanol–water partition coefficient (Wildman–Crippen LogP) is 2.96. The van der Waals surface area contributed by atoms with Gasteiger partial charge >= 0.3 is 5.71 Å². The maximum Gasteiger partial charge on any atom is 0.336 e. The van der Waals surface area contributed by atoms with Crippen LogP contribution in [0.5, 0.6) is 0 Å². The summed E-state index contributed by atoms with van der Waals surface area (Å²) in [5.74, 6) is 10.9. The van der Waals surface area contributed by atoms with E-state index in [2.05, 4.69) is 28.5 Å². The van der Waals surface area contributed by atoms with Crippen molar-refractivity contribution in [3.63, 3.8) is 0 Å². The van der Waals surface area contributed by atoms with Crippen molar-refractivity contribution in [2.24, 2.45) is 0 Å². The van der Waals surface area contributed by atoms with Gasteiger partial charge in [0.15, 0.2) is 0 Å². The van der Waals surface area contributed by atoms with E-state index in [4.69, 9.17) is 5.53 Å². The van der Waals surface area contributed by atoms with Gasteiger partial charge in [-0.15, -0.1) is 0 Å². The molecule has 0 fully saturated rings. The first-order valence-corrected chi connectivity index (χ1v) is 6.62. The molecule has 22 heavy (non-hydrogen) atoms. The third kappa shape index (κ3) is 3.81. The summed E-state index contributed by atoms with van der Waals surface area (Å²) >= 11 is 0. The summed E-state index contributed by atoms with van der Waals surface area (Å²) < 4.78 is 0. The zero-order valence-corrected chi connectivity index (χ0v) is 12.0. The lowest BCUT2D eigenvalue weighted by molar-refractivity contribution is -0.00678. The maximum atomic E-state index is 12.1. The molecule has 0 atom stereocenters. The van der Waals surface area contributed by atoms with Crippen molar-refractivity contribution >= 4 is 11.5 Å². The van der Waals surface area contributed by atoms with Gasteiger partial charge in [-0.2, -0.15) is 4.79 Å².